The summed E-state index contributed by atoms with van der Waals surface area (Å²) in [6.07, 6.45) is 6.69. The van der Waals surface area contributed by atoms with Gasteiger partial charge in [0.25, 0.3) is 0 Å². The Kier molecular flexibility index (Phi) is 7.16. The van der Waals surface area contributed by atoms with E-state index in [4.69, 9.17) is 5.41 Å². The minimum absolute atomic E-state index is 0.0181. The van der Waals surface area contributed by atoms with E-state index in [1.54, 1.807) is 0 Å². The van der Waals surface area contributed by atoms with Crippen molar-refractivity contribution in [2.75, 3.05) is 10.6 Å². The van der Waals surface area contributed by atoms with Gasteiger partial charge >= 0.3 is 0 Å². The van der Waals surface area contributed by atoms with Crippen molar-refractivity contribution in [1.82, 2.24) is 14.9 Å². The van der Waals surface area contributed by atoms with Crippen molar-refractivity contribution in [1.29, 1.82) is 5.41 Å². The van der Waals surface area contributed by atoms with Crippen molar-refractivity contribution in [2.24, 2.45) is 5.92 Å². The van der Waals surface area contributed by atoms with Crippen LogP contribution in [-0.4, -0.2) is 33.0 Å². The van der Waals surface area contributed by atoms with Crippen LogP contribution in [0.4, 0.5) is 30.6 Å². The number of rotatable bonds is 8. The second-order valence-corrected chi connectivity index (χ2v) is 9.28. The van der Waals surface area contributed by atoms with Crippen LogP contribution in [0, 0.1) is 28.8 Å². The summed E-state index contributed by atoms with van der Waals surface area (Å²) in [4.78, 5) is 4.43. The Morgan fingerprint density at radius 2 is 1.82 bits per heavy atom. The maximum Gasteiger partial charge on any atom is 0.210 e. The molecule has 2 saturated carbocycles. The van der Waals surface area contributed by atoms with Gasteiger partial charge in [-0.15, -0.1) is 0 Å². The van der Waals surface area contributed by atoms with E-state index in [1.807, 2.05) is 4.57 Å². The van der Waals surface area contributed by atoms with Crippen LogP contribution >= 0.6 is 0 Å². The monoisotopic (exact) mass is 476 g/mol. The number of anilines is 3. The number of nitrogens with zero attached hydrogens (tertiary/aromatic N) is 2. The number of benzene rings is 1. The lowest BCUT2D eigenvalue weighted by Crippen LogP contribution is -2.36. The second-order valence-electron chi connectivity index (χ2n) is 9.28. The van der Waals surface area contributed by atoms with Crippen LogP contribution in [0.15, 0.2) is 24.5 Å². The highest BCUT2D eigenvalue weighted by atomic mass is 19.1. The molecule has 1 aromatic heterocycles. The fourth-order valence-electron chi connectivity index (χ4n) is 5.01. The van der Waals surface area contributed by atoms with Crippen molar-refractivity contribution < 1.29 is 18.3 Å². The second kappa shape index (κ2) is 10.1. The molecule has 7 nitrogen and oxygen atoms in total. The molecule has 34 heavy (non-hydrogen) atoms. The minimum atomic E-state index is -1.07. The molecule has 2 atom stereocenters. The van der Waals surface area contributed by atoms with E-state index in [-0.39, 0.29) is 35.7 Å². The van der Waals surface area contributed by atoms with Gasteiger partial charge < -0.3 is 26.5 Å². The van der Waals surface area contributed by atoms with E-state index >= 15 is 0 Å². The van der Waals surface area contributed by atoms with Crippen molar-refractivity contribution in [2.45, 2.75) is 70.1 Å². The van der Waals surface area contributed by atoms with Gasteiger partial charge in [0.05, 0.1) is 11.9 Å². The van der Waals surface area contributed by atoms with Crippen LogP contribution in [0.5, 0.6) is 0 Å². The molecule has 4 rings (SSSR count). The number of hydrogen-bond acceptors (Lipinski definition) is 6. The molecule has 184 valence electrons. The quantitative estimate of drug-likeness (QED) is 0.338. The highest BCUT2D eigenvalue weighted by Gasteiger charge is 2.32. The predicted octanol–water partition coefficient (Wildman–Crippen LogP) is 5.18. The maximum absolute atomic E-state index is 14.4. The molecular weight excluding hydrogens is 445 g/mol. The number of aromatic nitrogens is 2. The summed E-state index contributed by atoms with van der Waals surface area (Å²) in [6.45, 7) is 6.18. The number of imidazole rings is 1. The lowest BCUT2D eigenvalue weighted by molar-refractivity contribution is 0.119. The molecule has 0 amide bonds. The standard InChI is InChI=1S/C24H31F3N6O/c1-13-4-3-5-21(13)33-23(30-14(2)29-16-6-8-17(34)9-7-16)20(12-28)31-24(33)32-22-18(26)10-15(25)11-19(22)27/h10-13,16-17,21,28-30,34H,2-9H2,1H3,(H,31,32)/t13-,16?,17?,21+/m1/s1. The largest absolute Gasteiger partial charge is 0.393 e. The lowest BCUT2D eigenvalue weighted by atomic mass is 9.93. The molecule has 0 radical (unpaired) electrons. The van der Waals surface area contributed by atoms with E-state index < -0.39 is 23.1 Å². The zero-order chi connectivity index (χ0) is 24.4. The van der Waals surface area contributed by atoms with Gasteiger partial charge in [-0.3, -0.25) is 4.57 Å². The highest BCUT2D eigenvalue weighted by molar-refractivity contribution is 5.84. The SMILES string of the molecule is C=C(Nc1c(C=N)nc(Nc2c(F)cc(F)cc2F)n1[C@H]1CCC[C@H]1C)NC1CCC(O)CC1. The van der Waals surface area contributed by atoms with Gasteiger partial charge in [-0.1, -0.05) is 19.9 Å². The van der Waals surface area contributed by atoms with Crippen LogP contribution in [0.2, 0.25) is 0 Å². The maximum atomic E-state index is 14.4. The molecule has 1 aromatic carbocycles. The molecular formula is C24H31F3N6O. The first kappa shape index (κ1) is 24.1. The van der Waals surface area contributed by atoms with Gasteiger partial charge in [0.2, 0.25) is 5.95 Å². The third-order valence-corrected chi connectivity index (χ3v) is 6.81. The molecule has 0 aliphatic heterocycles. The first-order valence-corrected chi connectivity index (χ1v) is 11.7. The fraction of sp³-hybridized carbons (Fsp3) is 0.500. The third kappa shape index (κ3) is 5.06. The molecule has 5 N–H and O–H groups in total. The Hall–Kier alpha value is -3.01. The van der Waals surface area contributed by atoms with E-state index in [0.29, 0.717) is 23.8 Å². The third-order valence-electron chi connectivity index (χ3n) is 6.81. The van der Waals surface area contributed by atoms with Crippen molar-refractivity contribution in [3.8, 4) is 0 Å². The lowest BCUT2D eigenvalue weighted by Gasteiger charge is -2.29. The molecule has 0 bridgehead atoms. The van der Waals surface area contributed by atoms with E-state index in [1.165, 1.54) is 0 Å². The fourth-order valence-corrected chi connectivity index (χ4v) is 5.01. The van der Waals surface area contributed by atoms with Gasteiger partial charge in [0.15, 0.2) is 11.6 Å². The van der Waals surface area contributed by atoms with Gasteiger partial charge in [-0.2, -0.15) is 0 Å². The van der Waals surface area contributed by atoms with Crippen LogP contribution in [0.1, 0.15) is 63.6 Å². The Balaban J connectivity index is 1.66. The Morgan fingerprint density at radius 1 is 1.15 bits per heavy atom. The summed E-state index contributed by atoms with van der Waals surface area (Å²) >= 11 is 0. The molecule has 0 unspecified atom stereocenters. The number of halogens is 3. The zero-order valence-electron chi connectivity index (χ0n) is 19.2. The van der Waals surface area contributed by atoms with Gasteiger partial charge in [-0.05, 0) is 44.4 Å². The normalized spacial score (nSPS) is 24.6. The summed E-state index contributed by atoms with van der Waals surface area (Å²) in [5.41, 5.74) is -0.217. The first-order valence-electron chi connectivity index (χ1n) is 11.7. The molecule has 1 heterocycles. The van der Waals surface area contributed by atoms with E-state index in [9.17, 15) is 18.3 Å². The smallest absolute Gasteiger partial charge is 0.210 e. The molecule has 2 aromatic rings. The molecule has 0 spiro atoms. The summed E-state index contributed by atoms with van der Waals surface area (Å²) in [5, 5.41) is 26.9. The van der Waals surface area contributed by atoms with Crippen LogP contribution in [0.25, 0.3) is 0 Å². The first-order chi connectivity index (χ1) is 16.3. The molecule has 0 saturated heterocycles. The highest BCUT2D eigenvalue weighted by Crippen LogP contribution is 2.41. The summed E-state index contributed by atoms with van der Waals surface area (Å²) < 4.78 is 44.0. The molecule has 2 fully saturated rings. The number of aliphatic hydroxyl groups is 1. The predicted molar refractivity (Wildman–Crippen MR) is 126 cm³/mol. The van der Waals surface area contributed by atoms with Crippen LogP contribution in [0.3, 0.4) is 0 Å². The van der Waals surface area contributed by atoms with Crippen LogP contribution < -0.4 is 16.0 Å². The Morgan fingerprint density at radius 3 is 2.41 bits per heavy atom. The van der Waals surface area contributed by atoms with Crippen LogP contribution in [-0.2, 0) is 0 Å². The van der Waals surface area contributed by atoms with Gasteiger partial charge in [0.1, 0.15) is 23.0 Å². The van der Waals surface area contributed by atoms with Crippen molar-refractivity contribution >= 4 is 23.7 Å². The summed E-state index contributed by atoms with van der Waals surface area (Å²) in [5.74, 6) is -1.69. The molecule has 10 heteroatoms. The van der Waals surface area contributed by atoms with Crippen molar-refractivity contribution in [3.63, 3.8) is 0 Å². The topological polar surface area (TPSA) is 98.0 Å². The molecule has 2 aliphatic carbocycles. The number of hydrogen-bond donors (Lipinski definition) is 5. The average Bonchev–Trinajstić information content (AvgIpc) is 3.34. The summed E-state index contributed by atoms with van der Waals surface area (Å²) in [7, 11) is 0. The van der Waals surface area contributed by atoms with Crippen molar-refractivity contribution in [3.05, 3.63) is 47.7 Å². The number of nitrogens with one attached hydrogen (secondary N) is 4. The zero-order valence-corrected chi connectivity index (χ0v) is 19.2. The minimum Gasteiger partial charge on any atom is -0.393 e. The Bertz CT molecular complexity index is 1040. The number of aliphatic hydroxyl groups excluding tert-OH is 1. The van der Waals surface area contributed by atoms with Gasteiger partial charge in [0, 0.05) is 30.4 Å². The Labute approximate surface area is 197 Å². The van der Waals surface area contributed by atoms with E-state index in [2.05, 4.69) is 34.4 Å². The summed E-state index contributed by atoms with van der Waals surface area (Å²) in [6, 6.07) is 1.37. The average molecular weight is 477 g/mol. The van der Waals surface area contributed by atoms with E-state index in [0.717, 1.165) is 51.2 Å². The van der Waals surface area contributed by atoms with Gasteiger partial charge in [-0.25, -0.2) is 18.2 Å². The molecule has 2 aliphatic rings.